The molecule has 0 radical (unpaired) electrons. The Morgan fingerprint density at radius 3 is 2.44 bits per heavy atom. The van der Waals surface area contributed by atoms with E-state index < -0.39 is 10.0 Å². The van der Waals surface area contributed by atoms with Crippen LogP contribution in [0.15, 0.2) is 45.8 Å². The van der Waals surface area contributed by atoms with Crippen molar-refractivity contribution >= 4 is 26.0 Å². The standard InChI is InChI=1S/C18H24BrNO4S/c1-11(2)13-7-6-12(3)15(8-13)20-25(21,22)18-10-17(24-5)16(23-4)9-14(18)19/h9-10,13,15,20H,1,3,6-8H2,2,4-5H3/t13-,15+/m0/s1. The smallest absolute Gasteiger partial charge is 0.242 e. The molecule has 25 heavy (non-hydrogen) atoms. The van der Waals surface area contributed by atoms with Crippen molar-refractivity contribution in [2.24, 2.45) is 5.92 Å². The third kappa shape index (κ3) is 4.46. The summed E-state index contributed by atoms with van der Waals surface area (Å²) >= 11 is 3.31. The van der Waals surface area contributed by atoms with Gasteiger partial charge in [0.15, 0.2) is 11.5 Å². The van der Waals surface area contributed by atoms with Crippen molar-refractivity contribution in [1.82, 2.24) is 4.72 Å². The van der Waals surface area contributed by atoms with Gasteiger partial charge >= 0.3 is 0 Å². The lowest BCUT2D eigenvalue weighted by atomic mass is 9.80. The summed E-state index contributed by atoms with van der Waals surface area (Å²) in [4.78, 5) is 0.107. The summed E-state index contributed by atoms with van der Waals surface area (Å²) < 4.78 is 39.4. The monoisotopic (exact) mass is 429 g/mol. The molecule has 1 N–H and O–H groups in total. The Bertz CT molecular complexity index is 789. The molecule has 1 aliphatic carbocycles. The van der Waals surface area contributed by atoms with Crippen molar-refractivity contribution in [3.05, 3.63) is 40.9 Å². The topological polar surface area (TPSA) is 64.6 Å². The van der Waals surface area contributed by atoms with Crippen molar-refractivity contribution in [2.45, 2.75) is 37.1 Å². The number of ether oxygens (including phenoxy) is 2. The second kappa shape index (κ2) is 7.93. The average molecular weight is 430 g/mol. The molecular weight excluding hydrogens is 406 g/mol. The van der Waals surface area contributed by atoms with Crippen molar-refractivity contribution in [1.29, 1.82) is 0 Å². The van der Waals surface area contributed by atoms with Gasteiger partial charge in [-0.05, 0) is 54.1 Å². The van der Waals surface area contributed by atoms with Crippen LogP contribution < -0.4 is 14.2 Å². The molecule has 5 nitrogen and oxygen atoms in total. The van der Waals surface area contributed by atoms with Gasteiger partial charge in [0.1, 0.15) is 4.90 Å². The number of rotatable bonds is 6. The van der Waals surface area contributed by atoms with Gasteiger partial charge in [0, 0.05) is 16.6 Å². The third-order valence-corrected chi connectivity index (χ3v) is 6.98. The first-order chi connectivity index (χ1) is 11.7. The highest BCUT2D eigenvalue weighted by Crippen LogP contribution is 2.37. The second-order valence-electron chi connectivity index (χ2n) is 6.29. The molecule has 0 heterocycles. The van der Waals surface area contributed by atoms with Crippen molar-refractivity contribution < 1.29 is 17.9 Å². The van der Waals surface area contributed by atoms with Gasteiger partial charge in [0.05, 0.1) is 14.2 Å². The number of sulfonamides is 1. The second-order valence-corrected chi connectivity index (χ2v) is 8.82. The number of nitrogens with one attached hydrogen (secondary N) is 1. The molecule has 1 aliphatic rings. The van der Waals surface area contributed by atoms with Crippen LogP contribution in [-0.4, -0.2) is 28.7 Å². The molecule has 0 aliphatic heterocycles. The van der Waals surface area contributed by atoms with Gasteiger partial charge in [0.2, 0.25) is 10.0 Å². The Kier molecular flexibility index (Phi) is 6.35. The minimum atomic E-state index is -3.75. The van der Waals surface area contributed by atoms with E-state index in [0.29, 0.717) is 28.3 Å². The summed E-state index contributed by atoms with van der Waals surface area (Å²) in [7, 11) is -0.784. The lowest BCUT2D eigenvalue weighted by Gasteiger charge is -2.32. The Labute approximate surface area is 158 Å². The third-order valence-electron chi connectivity index (χ3n) is 4.55. The number of benzene rings is 1. The fourth-order valence-corrected chi connectivity index (χ4v) is 5.28. The molecule has 1 aromatic carbocycles. The van der Waals surface area contributed by atoms with Crippen LogP contribution >= 0.6 is 15.9 Å². The van der Waals surface area contributed by atoms with Gasteiger partial charge in [-0.1, -0.05) is 24.3 Å². The zero-order chi connectivity index (χ0) is 18.8. The van der Waals surface area contributed by atoms with E-state index in [2.05, 4.69) is 33.8 Å². The quantitative estimate of drug-likeness (QED) is 0.692. The molecule has 138 valence electrons. The number of halogens is 1. The minimum absolute atomic E-state index is 0.107. The molecule has 0 amide bonds. The van der Waals surface area contributed by atoms with Crippen LogP contribution in [0.2, 0.25) is 0 Å². The van der Waals surface area contributed by atoms with Crippen LogP contribution in [0.1, 0.15) is 26.2 Å². The van der Waals surface area contributed by atoms with Gasteiger partial charge in [0.25, 0.3) is 0 Å². The van der Waals surface area contributed by atoms with Crippen molar-refractivity contribution in [3.63, 3.8) is 0 Å². The highest BCUT2D eigenvalue weighted by molar-refractivity contribution is 9.10. The first-order valence-electron chi connectivity index (χ1n) is 7.96. The molecule has 0 saturated heterocycles. The lowest BCUT2D eigenvalue weighted by Crippen LogP contribution is -2.40. The van der Waals surface area contributed by atoms with E-state index in [1.807, 2.05) is 6.92 Å². The van der Waals surface area contributed by atoms with E-state index in [0.717, 1.165) is 24.0 Å². The van der Waals surface area contributed by atoms with Crippen LogP contribution in [0.4, 0.5) is 0 Å². The first kappa shape index (κ1) is 20.0. The Morgan fingerprint density at radius 1 is 1.28 bits per heavy atom. The zero-order valence-electron chi connectivity index (χ0n) is 14.8. The largest absolute Gasteiger partial charge is 0.493 e. The highest BCUT2D eigenvalue weighted by Gasteiger charge is 2.30. The molecule has 0 unspecified atom stereocenters. The molecule has 1 aromatic rings. The maximum Gasteiger partial charge on any atom is 0.242 e. The average Bonchev–Trinajstić information content (AvgIpc) is 2.55. The molecule has 0 bridgehead atoms. The molecule has 0 spiro atoms. The SMILES string of the molecule is C=C(C)[C@H]1CCC(=C)[C@H](NS(=O)(=O)c2cc(OC)c(OC)cc2Br)C1. The van der Waals surface area contributed by atoms with Crippen LogP contribution in [0.3, 0.4) is 0 Å². The van der Waals surface area contributed by atoms with Crippen LogP contribution in [0.25, 0.3) is 0 Å². The predicted octanol–water partition coefficient (Wildman–Crippen LogP) is 4.05. The van der Waals surface area contributed by atoms with E-state index in [4.69, 9.17) is 9.47 Å². The fourth-order valence-electron chi connectivity index (χ4n) is 2.97. The van der Waals surface area contributed by atoms with Crippen LogP contribution in [0, 0.1) is 5.92 Å². The maximum absolute atomic E-state index is 12.9. The highest BCUT2D eigenvalue weighted by atomic mass is 79.9. The maximum atomic E-state index is 12.9. The zero-order valence-corrected chi connectivity index (χ0v) is 17.2. The summed E-state index contributed by atoms with van der Waals surface area (Å²) in [6, 6.07) is 2.73. The fraction of sp³-hybridized carbons (Fsp3) is 0.444. The van der Waals surface area contributed by atoms with Gasteiger partial charge < -0.3 is 9.47 Å². The summed E-state index contributed by atoms with van der Waals surface area (Å²) in [6.45, 7) is 10.0. The Balaban J connectivity index is 2.32. The van der Waals surface area contributed by atoms with E-state index in [1.165, 1.54) is 20.3 Å². The van der Waals surface area contributed by atoms with E-state index >= 15 is 0 Å². The van der Waals surface area contributed by atoms with E-state index in [9.17, 15) is 8.42 Å². The molecule has 2 rings (SSSR count). The summed E-state index contributed by atoms with van der Waals surface area (Å²) in [5.74, 6) is 1.11. The van der Waals surface area contributed by atoms with E-state index in [-0.39, 0.29) is 10.9 Å². The minimum Gasteiger partial charge on any atom is -0.493 e. The van der Waals surface area contributed by atoms with Crippen LogP contribution in [-0.2, 0) is 10.0 Å². The van der Waals surface area contributed by atoms with Gasteiger partial charge in [-0.25, -0.2) is 13.1 Å². The molecule has 1 saturated carbocycles. The summed E-state index contributed by atoms with van der Waals surface area (Å²) in [5.41, 5.74) is 1.97. The molecule has 7 heteroatoms. The lowest BCUT2D eigenvalue weighted by molar-refractivity contribution is 0.353. The van der Waals surface area contributed by atoms with Gasteiger partial charge in [-0.3, -0.25) is 0 Å². The molecular formula is C18H24BrNO4S. The van der Waals surface area contributed by atoms with Gasteiger partial charge in [-0.2, -0.15) is 0 Å². The molecule has 2 atom stereocenters. The number of hydrogen-bond donors (Lipinski definition) is 1. The number of hydrogen-bond acceptors (Lipinski definition) is 4. The van der Waals surface area contributed by atoms with E-state index in [1.54, 1.807) is 6.07 Å². The Morgan fingerprint density at radius 2 is 1.88 bits per heavy atom. The molecule has 0 aromatic heterocycles. The predicted molar refractivity (Wildman–Crippen MR) is 103 cm³/mol. The number of methoxy groups -OCH3 is 2. The van der Waals surface area contributed by atoms with Gasteiger partial charge in [-0.15, -0.1) is 0 Å². The first-order valence-corrected chi connectivity index (χ1v) is 10.2. The van der Waals surface area contributed by atoms with Crippen molar-refractivity contribution in [2.75, 3.05) is 14.2 Å². The molecule has 1 fully saturated rings. The van der Waals surface area contributed by atoms with Crippen molar-refractivity contribution in [3.8, 4) is 11.5 Å². The normalized spacial score (nSPS) is 21.0. The Hall–Kier alpha value is -1.31. The summed E-state index contributed by atoms with van der Waals surface area (Å²) in [5, 5.41) is 0. The summed E-state index contributed by atoms with van der Waals surface area (Å²) in [6.07, 6.45) is 2.43. The van der Waals surface area contributed by atoms with Crippen LogP contribution in [0.5, 0.6) is 11.5 Å². The number of allylic oxidation sites excluding steroid dienone is 1.